The first-order chi connectivity index (χ1) is 14.0. The maximum atomic E-state index is 6.66. The molecule has 0 spiro atoms. The summed E-state index contributed by atoms with van der Waals surface area (Å²) in [5.74, 6) is 8.07. The maximum absolute atomic E-state index is 6.66. The molecule has 4 aliphatic rings. The highest BCUT2D eigenvalue weighted by Crippen LogP contribution is 2.68. The molecule has 2 fully saturated rings. The van der Waals surface area contributed by atoms with E-state index in [1.54, 1.807) is 18.2 Å². The quantitative estimate of drug-likeness (QED) is 0.476. The molecule has 0 bridgehead atoms. The summed E-state index contributed by atoms with van der Waals surface area (Å²) >= 11 is 0. The van der Waals surface area contributed by atoms with Crippen LogP contribution < -0.4 is 4.74 Å². The molecule has 5 rings (SSSR count). The van der Waals surface area contributed by atoms with E-state index in [4.69, 9.17) is 8.92 Å². The van der Waals surface area contributed by atoms with Gasteiger partial charge in [0.25, 0.3) is 0 Å². The molecule has 3 aliphatic carbocycles. The highest BCUT2D eigenvalue weighted by molar-refractivity contribution is 8.35. The molecule has 1 saturated heterocycles. The highest BCUT2D eigenvalue weighted by Gasteiger charge is 2.56. The molecule has 1 aromatic rings. The van der Waals surface area contributed by atoms with Crippen LogP contribution in [0.15, 0.2) is 30.0 Å². The van der Waals surface area contributed by atoms with Crippen molar-refractivity contribution in [2.75, 3.05) is 24.9 Å². The number of hydrogen-bond donors (Lipinski definition) is 0. The van der Waals surface area contributed by atoms with Crippen molar-refractivity contribution in [2.45, 2.75) is 65.7 Å². The number of hydrogen-bond acceptors (Lipinski definition) is 2. The van der Waals surface area contributed by atoms with E-state index >= 15 is 0 Å². The Labute approximate surface area is 181 Å². The van der Waals surface area contributed by atoms with Gasteiger partial charge in [-0.3, -0.25) is 0 Å². The average molecular weight is 419 g/mol. The average Bonchev–Trinajstić information content (AvgIpc) is 3.39. The number of benzene rings is 1. The molecule has 0 amide bonds. The Morgan fingerprint density at radius 1 is 1.24 bits per heavy atom. The van der Waals surface area contributed by atoms with Crippen molar-refractivity contribution < 1.29 is 10.3 Å². The van der Waals surface area contributed by atoms with Crippen molar-refractivity contribution in [1.82, 2.24) is 0 Å². The summed E-state index contributed by atoms with van der Waals surface area (Å²) < 4.78 is 12.2. The molecule has 0 radical (unpaired) electrons. The minimum Gasteiger partial charge on any atom is -0.497 e. The Balaban J connectivity index is 0.000000830. The second-order valence-corrected chi connectivity index (χ2v) is 13.0. The van der Waals surface area contributed by atoms with Gasteiger partial charge in [-0.25, -0.2) is 0 Å². The SMILES string of the molecule is CC.CC[C@@H]1Cc2cc(OC)ccc2C2CC[C@]3(C)C(OS4(C)CC4)=CC[C@H]3[C@@H]21.[HH]. The zero-order valence-electron chi connectivity index (χ0n) is 19.3. The molecule has 5 atom stereocenters. The van der Waals surface area contributed by atoms with Crippen LogP contribution in [0.2, 0.25) is 0 Å². The molecule has 3 heteroatoms. The van der Waals surface area contributed by atoms with E-state index in [0.717, 1.165) is 29.4 Å². The highest BCUT2D eigenvalue weighted by atomic mass is 32.3. The van der Waals surface area contributed by atoms with E-state index in [2.05, 4.69) is 44.4 Å². The van der Waals surface area contributed by atoms with Crippen molar-refractivity contribution >= 4 is 10.3 Å². The number of ether oxygens (including phenoxy) is 1. The Morgan fingerprint density at radius 2 is 2.00 bits per heavy atom. The second-order valence-electron chi connectivity index (χ2n) is 9.66. The largest absolute Gasteiger partial charge is 0.497 e. The summed E-state index contributed by atoms with van der Waals surface area (Å²) in [4.78, 5) is 0. The number of methoxy groups -OCH3 is 1. The van der Waals surface area contributed by atoms with Gasteiger partial charge in [0.2, 0.25) is 0 Å². The van der Waals surface area contributed by atoms with Crippen molar-refractivity contribution in [1.29, 1.82) is 0 Å². The van der Waals surface area contributed by atoms with Crippen molar-refractivity contribution in [3.05, 3.63) is 41.2 Å². The number of allylic oxidation sites excluding steroid dienone is 2. The monoisotopic (exact) mass is 418 g/mol. The van der Waals surface area contributed by atoms with Crippen LogP contribution >= 0.6 is 10.3 Å². The molecule has 1 aliphatic heterocycles. The van der Waals surface area contributed by atoms with Gasteiger partial charge in [0.05, 0.1) is 7.11 Å². The second kappa shape index (κ2) is 7.87. The number of fused-ring (bicyclic) bond motifs is 5. The lowest BCUT2D eigenvalue weighted by Gasteiger charge is -2.53. The summed E-state index contributed by atoms with van der Waals surface area (Å²) in [5.41, 5.74) is 3.43. The molecule has 0 N–H and O–H groups in total. The van der Waals surface area contributed by atoms with Crippen LogP contribution in [-0.2, 0) is 10.6 Å². The molecule has 164 valence electrons. The third-order valence-electron chi connectivity index (χ3n) is 8.21. The van der Waals surface area contributed by atoms with Gasteiger partial charge < -0.3 is 8.92 Å². The molecule has 1 aromatic carbocycles. The van der Waals surface area contributed by atoms with Crippen LogP contribution in [0, 0.1) is 23.2 Å². The first-order valence-electron chi connectivity index (χ1n) is 11.8. The van der Waals surface area contributed by atoms with E-state index in [1.807, 2.05) is 13.8 Å². The van der Waals surface area contributed by atoms with Crippen molar-refractivity contribution in [2.24, 2.45) is 23.2 Å². The first-order valence-corrected chi connectivity index (χ1v) is 14.1. The van der Waals surface area contributed by atoms with Crippen molar-refractivity contribution in [3.8, 4) is 5.75 Å². The zero-order chi connectivity index (χ0) is 20.8. The Hall–Kier alpha value is -1.09. The molecule has 1 saturated carbocycles. The zero-order valence-corrected chi connectivity index (χ0v) is 20.1. The minimum atomic E-state index is -0.733. The Bertz CT molecular complexity index is 787. The Kier molecular flexibility index (Phi) is 5.74. The van der Waals surface area contributed by atoms with E-state index in [1.165, 1.54) is 49.4 Å². The topological polar surface area (TPSA) is 18.5 Å². The predicted octanol–water partition coefficient (Wildman–Crippen LogP) is 7.33. The summed E-state index contributed by atoms with van der Waals surface area (Å²) in [6.45, 7) is 8.92. The minimum absolute atomic E-state index is 0. The van der Waals surface area contributed by atoms with Crippen LogP contribution in [0.5, 0.6) is 5.75 Å². The van der Waals surface area contributed by atoms with Crippen LogP contribution in [0.3, 0.4) is 0 Å². The van der Waals surface area contributed by atoms with Gasteiger partial charge in [0.15, 0.2) is 0 Å². The molecule has 1 heterocycles. The number of rotatable bonds is 4. The molecule has 2 nitrogen and oxygen atoms in total. The molecule has 0 aromatic heterocycles. The summed E-state index contributed by atoms with van der Waals surface area (Å²) in [6.07, 6.45) is 11.2. The van der Waals surface area contributed by atoms with Crippen LogP contribution in [0.4, 0.5) is 0 Å². The van der Waals surface area contributed by atoms with Crippen LogP contribution in [-0.4, -0.2) is 24.9 Å². The third kappa shape index (κ3) is 3.52. The van der Waals surface area contributed by atoms with Gasteiger partial charge in [-0.15, -0.1) is 0 Å². The normalized spacial score (nSPS) is 37.0. The summed E-state index contributed by atoms with van der Waals surface area (Å²) in [7, 11) is 1.05. The smallest absolute Gasteiger partial charge is 0.119 e. The van der Waals surface area contributed by atoms with Gasteiger partial charge in [-0.1, -0.05) is 50.5 Å². The lowest BCUT2D eigenvalue weighted by molar-refractivity contribution is 0.0214. The van der Waals surface area contributed by atoms with Gasteiger partial charge in [-0.2, -0.15) is 0 Å². The van der Waals surface area contributed by atoms with Crippen LogP contribution in [0.25, 0.3) is 0 Å². The lowest BCUT2D eigenvalue weighted by Crippen LogP contribution is -2.45. The lowest BCUT2D eigenvalue weighted by atomic mass is 9.52. The van der Waals surface area contributed by atoms with Crippen LogP contribution in [0.1, 0.15) is 71.8 Å². The fraction of sp³-hybridized carbons (Fsp3) is 0.692. The third-order valence-corrected chi connectivity index (χ3v) is 10.4. The fourth-order valence-electron chi connectivity index (χ4n) is 6.38. The van der Waals surface area contributed by atoms with Gasteiger partial charge in [-0.05, 0) is 84.9 Å². The van der Waals surface area contributed by atoms with E-state index in [-0.39, 0.29) is 6.84 Å². The molecule has 29 heavy (non-hydrogen) atoms. The van der Waals surface area contributed by atoms with E-state index in [0.29, 0.717) is 0 Å². The van der Waals surface area contributed by atoms with E-state index in [9.17, 15) is 0 Å². The first kappa shape index (κ1) is 21.2. The Morgan fingerprint density at radius 3 is 2.66 bits per heavy atom. The van der Waals surface area contributed by atoms with Gasteiger partial charge >= 0.3 is 0 Å². The van der Waals surface area contributed by atoms with Crippen molar-refractivity contribution in [3.63, 3.8) is 0 Å². The van der Waals surface area contributed by atoms with Gasteiger partial charge in [0, 0.05) is 18.3 Å². The van der Waals surface area contributed by atoms with E-state index < -0.39 is 10.3 Å². The van der Waals surface area contributed by atoms with Gasteiger partial charge in [0.1, 0.15) is 11.5 Å². The standard InChI is InChI=1S/C24H34O2S.C2H6.H2/c1-5-16-14-17-15-18(25-3)6-7-19(17)20-10-11-24(2)21(23(16)20)8-9-22(24)26-27(4)12-13-27;1-2;/h6-7,9,15-16,20-21,23H,5,8,10-14H2,1-4H3;1-2H3;1H/t16-,20?,21+,23-,24+;;/m1../s1. The summed E-state index contributed by atoms with van der Waals surface area (Å²) in [6, 6.07) is 6.85. The maximum Gasteiger partial charge on any atom is 0.119 e. The molecule has 1 unspecified atom stereocenters. The summed E-state index contributed by atoms with van der Waals surface area (Å²) in [5, 5.41) is 0. The fourth-order valence-corrected chi connectivity index (χ4v) is 8.18. The predicted molar refractivity (Wildman–Crippen MR) is 128 cm³/mol. The molecular formula is C26H42O2S. The molecular weight excluding hydrogens is 376 g/mol.